The third-order valence-corrected chi connectivity index (χ3v) is 3.79. The van der Waals surface area contributed by atoms with E-state index < -0.39 is 0 Å². The van der Waals surface area contributed by atoms with Gasteiger partial charge in [-0.3, -0.25) is 0 Å². The lowest BCUT2D eigenvalue weighted by atomic mass is 10.3. The van der Waals surface area contributed by atoms with Crippen LogP contribution in [-0.2, 0) is 0 Å². The maximum absolute atomic E-state index is 5.82. The summed E-state index contributed by atoms with van der Waals surface area (Å²) in [4.78, 5) is 4.51. The third kappa shape index (κ3) is 4.46. The molecule has 0 radical (unpaired) electrons. The summed E-state index contributed by atoms with van der Waals surface area (Å²) >= 11 is 1.77. The molecule has 1 heterocycles. The molecule has 3 nitrogen and oxygen atoms in total. The molecular formula is C16H20N2OS. The first-order valence-corrected chi connectivity index (χ1v) is 7.69. The molecule has 0 saturated heterocycles. The first-order valence-electron chi connectivity index (χ1n) is 6.70. The molecule has 0 aliphatic rings. The van der Waals surface area contributed by atoms with Gasteiger partial charge in [0, 0.05) is 11.4 Å². The quantitative estimate of drug-likeness (QED) is 0.498. The normalized spacial score (nSPS) is 10.5. The number of thioether (sulfide) groups is 1. The summed E-state index contributed by atoms with van der Waals surface area (Å²) in [6.07, 6.45) is 0.966. The Balaban J connectivity index is 1.73. The standard InChI is InChI=1S/C16H20N2OS/c1-12-10-13(2)18-16(11-12)20-9-5-8-19-15-7-4-3-6-14(15)17/h3-4,6-7,10-11H,5,8-9,17H2,1-2H3. The molecule has 2 N–H and O–H groups in total. The molecule has 0 spiro atoms. The maximum atomic E-state index is 5.82. The first-order chi connectivity index (χ1) is 9.65. The van der Waals surface area contributed by atoms with E-state index in [9.17, 15) is 0 Å². The van der Waals surface area contributed by atoms with E-state index in [-0.39, 0.29) is 0 Å². The van der Waals surface area contributed by atoms with Gasteiger partial charge in [-0.05, 0) is 50.1 Å². The zero-order valence-corrected chi connectivity index (χ0v) is 12.7. The number of pyridine rings is 1. The number of nitrogens with zero attached hydrogens (tertiary/aromatic N) is 1. The number of nitrogen functional groups attached to an aromatic ring is 1. The fraction of sp³-hybridized carbons (Fsp3) is 0.312. The number of anilines is 1. The SMILES string of the molecule is Cc1cc(C)nc(SCCCOc2ccccc2N)c1. The van der Waals surface area contributed by atoms with Crippen LogP contribution in [0.2, 0.25) is 0 Å². The Kier molecular flexibility index (Phi) is 5.30. The average molecular weight is 288 g/mol. The van der Waals surface area contributed by atoms with Gasteiger partial charge in [-0.15, -0.1) is 11.8 Å². The lowest BCUT2D eigenvalue weighted by molar-refractivity contribution is 0.320. The van der Waals surface area contributed by atoms with E-state index in [1.165, 1.54) is 5.56 Å². The lowest BCUT2D eigenvalue weighted by Crippen LogP contribution is -2.01. The number of hydrogen-bond acceptors (Lipinski definition) is 4. The highest BCUT2D eigenvalue weighted by atomic mass is 32.2. The molecule has 0 saturated carbocycles. The molecule has 4 heteroatoms. The molecule has 1 aromatic carbocycles. The number of aryl methyl sites for hydroxylation is 2. The summed E-state index contributed by atoms with van der Waals surface area (Å²) in [5.74, 6) is 1.75. The Morgan fingerprint density at radius 2 is 2.00 bits per heavy atom. The van der Waals surface area contributed by atoms with Gasteiger partial charge in [-0.1, -0.05) is 12.1 Å². The number of nitrogens with two attached hydrogens (primary N) is 1. The molecular weight excluding hydrogens is 268 g/mol. The first kappa shape index (κ1) is 14.7. The molecule has 0 unspecified atom stereocenters. The molecule has 0 amide bonds. The van der Waals surface area contributed by atoms with Crippen LogP contribution in [-0.4, -0.2) is 17.3 Å². The molecule has 0 aliphatic heterocycles. The summed E-state index contributed by atoms with van der Waals surface area (Å²) in [6, 6.07) is 11.8. The fourth-order valence-corrected chi connectivity index (χ4v) is 2.86. The van der Waals surface area contributed by atoms with Crippen LogP contribution < -0.4 is 10.5 Å². The summed E-state index contributed by atoms with van der Waals surface area (Å²) in [5.41, 5.74) is 8.84. The predicted octanol–water partition coefficient (Wildman–Crippen LogP) is 3.84. The smallest absolute Gasteiger partial charge is 0.142 e. The molecule has 2 aromatic rings. The summed E-state index contributed by atoms with van der Waals surface area (Å²) < 4.78 is 5.66. The summed E-state index contributed by atoms with van der Waals surface area (Å²) in [5, 5.41) is 1.08. The lowest BCUT2D eigenvalue weighted by Gasteiger charge is -2.08. The van der Waals surface area contributed by atoms with E-state index >= 15 is 0 Å². The zero-order chi connectivity index (χ0) is 14.4. The Morgan fingerprint density at radius 3 is 2.75 bits per heavy atom. The second-order valence-corrected chi connectivity index (χ2v) is 5.83. The van der Waals surface area contributed by atoms with Crippen molar-refractivity contribution in [2.45, 2.75) is 25.3 Å². The zero-order valence-electron chi connectivity index (χ0n) is 11.9. The molecule has 0 bridgehead atoms. The minimum absolute atomic E-state index is 0.673. The largest absolute Gasteiger partial charge is 0.491 e. The van der Waals surface area contributed by atoms with Crippen molar-refractivity contribution in [3.05, 3.63) is 47.7 Å². The monoisotopic (exact) mass is 288 g/mol. The van der Waals surface area contributed by atoms with Crippen molar-refractivity contribution in [3.8, 4) is 5.75 Å². The third-order valence-electron chi connectivity index (χ3n) is 2.79. The van der Waals surface area contributed by atoms with Crippen molar-refractivity contribution in [1.29, 1.82) is 0 Å². The van der Waals surface area contributed by atoms with Gasteiger partial charge < -0.3 is 10.5 Å². The van der Waals surface area contributed by atoms with Crippen LogP contribution in [0, 0.1) is 13.8 Å². The van der Waals surface area contributed by atoms with Crippen LogP contribution in [0.15, 0.2) is 41.4 Å². The van der Waals surface area contributed by atoms with Gasteiger partial charge in [0.25, 0.3) is 0 Å². The summed E-state index contributed by atoms with van der Waals surface area (Å²) in [6.45, 7) is 4.80. The van der Waals surface area contributed by atoms with Gasteiger partial charge >= 0.3 is 0 Å². The van der Waals surface area contributed by atoms with Crippen molar-refractivity contribution >= 4 is 17.4 Å². The highest BCUT2D eigenvalue weighted by molar-refractivity contribution is 7.99. The fourth-order valence-electron chi connectivity index (χ4n) is 1.91. The molecule has 20 heavy (non-hydrogen) atoms. The van der Waals surface area contributed by atoms with Crippen LogP contribution in [0.4, 0.5) is 5.69 Å². The molecule has 0 aliphatic carbocycles. The molecule has 1 aromatic heterocycles. The van der Waals surface area contributed by atoms with E-state index in [1.807, 2.05) is 31.2 Å². The molecule has 0 fully saturated rings. The minimum atomic E-state index is 0.673. The molecule has 2 rings (SSSR count). The van der Waals surface area contributed by atoms with Gasteiger partial charge in [-0.2, -0.15) is 0 Å². The maximum Gasteiger partial charge on any atom is 0.142 e. The Bertz CT molecular complexity index is 552. The predicted molar refractivity (Wildman–Crippen MR) is 85.4 cm³/mol. The number of aromatic nitrogens is 1. The van der Waals surface area contributed by atoms with E-state index in [1.54, 1.807) is 11.8 Å². The molecule has 106 valence electrons. The molecule has 0 atom stereocenters. The second kappa shape index (κ2) is 7.20. The van der Waals surface area contributed by atoms with Crippen LogP contribution in [0.1, 0.15) is 17.7 Å². The van der Waals surface area contributed by atoms with E-state index in [0.717, 1.165) is 28.6 Å². The van der Waals surface area contributed by atoms with Crippen LogP contribution in [0.3, 0.4) is 0 Å². The minimum Gasteiger partial charge on any atom is -0.491 e. The van der Waals surface area contributed by atoms with E-state index in [4.69, 9.17) is 10.5 Å². The topological polar surface area (TPSA) is 48.1 Å². The Labute approximate surface area is 124 Å². The number of hydrogen-bond donors (Lipinski definition) is 1. The Morgan fingerprint density at radius 1 is 1.20 bits per heavy atom. The van der Waals surface area contributed by atoms with Crippen molar-refractivity contribution in [1.82, 2.24) is 4.98 Å². The van der Waals surface area contributed by atoms with Crippen molar-refractivity contribution in [2.24, 2.45) is 0 Å². The van der Waals surface area contributed by atoms with E-state index in [2.05, 4.69) is 24.0 Å². The van der Waals surface area contributed by atoms with Gasteiger partial charge in [-0.25, -0.2) is 4.98 Å². The van der Waals surface area contributed by atoms with Crippen LogP contribution in [0.5, 0.6) is 5.75 Å². The summed E-state index contributed by atoms with van der Waals surface area (Å²) in [7, 11) is 0. The number of ether oxygens (including phenoxy) is 1. The van der Waals surface area contributed by atoms with E-state index in [0.29, 0.717) is 12.3 Å². The van der Waals surface area contributed by atoms with Gasteiger partial charge in [0.05, 0.1) is 17.3 Å². The van der Waals surface area contributed by atoms with Crippen molar-refractivity contribution in [2.75, 3.05) is 18.1 Å². The van der Waals surface area contributed by atoms with Crippen LogP contribution in [0.25, 0.3) is 0 Å². The Hall–Kier alpha value is -1.68. The van der Waals surface area contributed by atoms with Gasteiger partial charge in [0.2, 0.25) is 0 Å². The highest BCUT2D eigenvalue weighted by Gasteiger charge is 2.00. The van der Waals surface area contributed by atoms with Gasteiger partial charge in [0.1, 0.15) is 5.75 Å². The highest BCUT2D eigenvalue weighted by Crippen LogP contribution is 2.21. The van der Waals surface area contributed by atoms with Crippen molar-refractivity contribution < 1.29 is 4.74 Å². The number of rotatable bonds is 6. The number of para-hydroxylation sites is 2. The van der Waals surface area contributed by atoms with Crippen LogP contribution >= 0.6 is 11.8 Å². The van der Waals surface area contributed by atoms with Crippen molar-refractivity contribution in [3.63, 3.8) is 0 Å². The number of benzene rings is 1. The van der Waals surface area contributed by atoms with Gasteiger partial charge in [0.15, 0.2) is 0 Å². The second-order valence-electron chi connectivity index (χ2n) is 4.71. The average Bonchev–Trinajstić information content (AvgIpc) is 2.39.